The first kappa shape index (κ1) is 16.4. The number of anilines is 1. The van der Waals surface area contributed by atoms with Crippen molar-refractivity contribution in [2.45, 2.75) is 19.1 Å². The predicted octanol–water partition coefficient (Wildman–Crippen LogP) is 1.93. The van der Waals surface area contributed by atoms with Crippen molar-refractivity contribution in [1.29, 1.82) is 0 Å². The zero-order valence-corrected chi connectivity index (χ0v) is 13.7. The molecule has 0 bridgehead atoms. The van der Waals surface area contributed by atoms with Crippen molar-refractivity contribution >= 4 is 29.1 Å². The number of amides is 2. The summed E-state index contributed by atoms with van der Waals surface area (Å²) in [5.41, 5.74) is 1.37. The Morgan fingerprint density at radius 1 is 1.33 bits per heavy atom. The third kappa shape index (κ3) is 2.74. The van der Waals surface area contributed by atoms with E-state index in [0.29, 0.717) is 28.4 Å². The van der Waals surface area contributed by atoms with Crippen molar-refractivity contribution in [2.24, 2.45) is 0 Å². The lowest BCUT2D eigenvalue weighted by atomic mass is 9.93. The molecule has 0 aliphatic carbocycles. The molecule has 7 heteroatoms. The second-order valence-corrected chi connectivity index (χ2v) is 5.79. The van der Waals surface area contributed by atoms with Crippen LogP contribution >= 0.6 is 11.6 Å². The highest BCUT2D eigenvalue weighted by atomic mass is 35.5. The average Bonchev–Trinajstić information content (AvgIpc) is 2.59. The number of hydrogen-bond acceptors (Lipinski definition) is 4. The van der Waals surface area contributed by atoms with Gasteiger partial charge in [-0.2, -0.15) is 0 Å². The average molecular weight is 346 g/mol. The highest BCUT2D eigenvalue weighted by Gasteiger charge is 2.41. The van der Waals surface area contributed by atoms with E-state index in [9.17, 15) is 14.7 Å². The second kappa shape index (κ2) is 6.59. The first-order chi connectivity index (χ1) is 11.5. The number of nitrogens with zero attached hydrogens (tertiary/aromatic N) is 2. The van der Waals surface area contributed by atoms with Gasteiger partial charge in [0.25, 0.3) is 11.8 Å². The largest absolute Gasteiger partial charge is 0.386 e. The van der Waals surface area contributed by atoms with Gasteiger partial charge >= 0.3 is 0 Å². The van der Waals surface area contributed by atoms with Crippen LogP contribution in [0.2, 0.25) is 5.02 Å². The van der Waals surface area contributed by atoms with Crippen molar-refractivity contribution in [2.75, 3.05) is 11.4 Å². The molecule has 0 saturated carbocycles. The molecule has 2 heterocycles. The summed E-state index contributed by atoms with van der Waals surface area (Å²) < 4.78 is 0. The number of likely N-dealkylation sites (N-methyl/N-ethyl adjacent to an activating group) is 1. The van der Waals surface area contributed by atoms with Crippen LogP contribution in [-0.2, 0) is 4.79 Å². The van der Waals surface area contributed by atoms with Gasteiger partial charge in [0.05, 0.1) is 5.69 Å². The molecule has 0 spiro atoms. The van der Waals surface area contributed by atoms with Crippen LogP contribution < -0.4 is 10.2 Å². The van der Waals surface area contributed by atoms with Gasteiger partial charge < -0.3 is 15.3 Å². The molecule has 2 atom stereocenters. The summed E-state index contributed by atoms with van der Waals surface area (Å²) in [5, 5.41) is 13.6. The van der Waals surface area contributed by atoms with Gasteiger partial charge in [-0.15, -0.1) is 0 Å². The lowest BCUT2D eigenvalue weighted by molar-refractivity contribution is -0.123. The van der Waals surface area contributed by atoms with Crippen LogP contribution in [-0.4, -0.2) is 34.5 Å². The number of nitrogens with one attached hydrogen (secondary N) is 1. The molecular formula is C17H16ClN3O3. The first-order valence-corrected chi connectivity index (χ1v) is 7.91. The fourth-order valence-corrected chi connectivity index (χ4v) is 3.12. The van der Waals surface area contributed by atoms with Gasteiger partial charge in [0.1, 0.15) is 12.1 Å². The molecule has 124 valence electrons. The SMILES string of the molecule is CCN1C(=O)C(NC(=O)c2ccncc2)C(O)c2c(Cl)cccc21. The number of aliphatic hydroxyl groups is 1. The molecule has 1 aliphatic rings. The number of fused-ring (bicyclic) bond motifs is 1. The van der Waals surface area contributed by atoms with E-state index in [2.05, 4.69) is 10.3 Å². The smallest absolute Gasteiger partial charge is 0.252 e. The summed E-state index contributed by atoms with van der Waals surface area (Å²) in [6, 6.07) is 7.07. The molecule has 2 aromatic rings. The van der Waals surface area contributed by atoms with Crippen LogP contribution in [0.25, 0.3) is 0 Å². The minimum atomic E-state index is -1.21. The fourth-order valence-electron chi connectivity index (χ4n) is 2.84. The molecule has 0 saturated heterocycles. The highest BCUT2D eigenvalue weighted by Crippen LogP contribution is 2.39. The number of pyridine rings is 1. The number of carbonyl (C=O) groups excluding carboxylic acids is 2. The minimum Gasteiger partial charge on any atom is -0.386 e. The zero-order chi connectivity index (χ0) is 17.3. The van der Waals surface area contributed by atoms with Crippen molar-refractivity contribution in [3.05, 3.63) is 58.9 Å². The van der Waals surface area contributed by atoms with E-state index in [0.717, 1.165) is 0 Å². The number of benzene rings is 1. The summed E-state index contributed by atoms with van der Waals surface area (Å²) >= 11 is 6.21. The summed E-state index contributed by atoms with van der Waals surface area (Å²) in [4.78, 5) is 30.4. The van der Waals surface area contributed by atoms with Crippen molar-refractivity contribution < 1.29 is 14.7 Å². The maximum atomic E-state index is 12.7. The predicted molar refractivity (Wildman–Crippen MR) is 89.9 cm³/mol. The van der Waals surface area contributed by atoms with Crippen LogP contribution in [0.15, 0.2) is 42.7 Å². The first-order valence-electron chi connectivity index (χ1n) is 7.53. The number of rotatable bonds is 3. The Balaban J connectivity index is 1.96. The zero-order valence-electron chi connectivity index (χ0n) is 12.9. The molecule has 24 heavy (non-hydrogen) atoms. The number of hydrogen-bond donors (Lipinski definition) is 2. The van der Waals surface area contributed by atoms with E-state index in [-0.39, 0.29) is 5.91 Å². The summed E-state index contributed by atoms with van der Waals surface area (Å²) in [5.74, 6) is -0.830. The second-order valence-electron chi connectivity index (χ2n) is 5.39. The molecule has 1 aromatic heterocycles. The van der Waals surface area contributed by atoms with Gasteiger partial charge in [0.2, 0.25) is 0 Å². The maximum absolute atomic E-state index is 12.7. The molecule has 1 aliphatic heterocycles. The summed E-state index contributed by atoms with van der Waals surface area (Å²) in [6.45, 7) is 2.22. The van der Waals surface area contributed by atoms with E-state index >= 15 is 0 Å². The van der Waals surface area contributed by atoms with Gasteiger partial charge in [0.15, 0.2) is 0 Å². The number of carbonyl (C=O) groups is 2. The molecule has 0 radical (unpaired) electrons. The Hall–Kier alpha value is -2.44. The van der Waals surface area contributed by atoms with Crippen LogP contribution in [0, 0.1) is 0 Å². The van der Waals surface area contributed by atoms with E-state index in [1.54, 1.807) is 18.2 Å². The van der Waals surface area contributed by atoms with E-state index in [1.165, 1.54) is 29.4 Å². The molecule has 0 fully saturated rings. The van der Waals surface area contributed by atoms with Crippen molar-refractivity contribution in [1.82, 2.24) is 10.3 Å². The molecule has 1 aromatic carbocycles. The lowest BCUT2D eigenvalue weighted by Crippen LogP contribution is -2.55. The van der Waals surface area contributed by atoms with Gasteiger partial charge in [-0.1, -0.05) is 17.7 Å². The third-order valence-corrected chi connectivity index (χ3v) is 4.34. The van der Waals surface area contributed by atoms with Gasteiger partial charge in [-0.25, -0.2) is 0 Å². The fraction of sp³-hybridized carbons (Fsp3) is 0.235. The molecule has 2 unspecified atom stereocenters. The summed E-state index contributed by atoms with van der Waals surface area (Å²) in [7, 11) is 0. The Bertz CT molecular complexity index is 782. The number of aromatic nitrogens is 1. The quantitative estimate of drug-likeness (QED) is 0.890. The van der Waals surface area contributed by atoms with E-state index < -0.39 is 18.1 Å². The van der Waals surface area contributed by atoms with Gasteiger partial charge in [-0.3, -0.25) is 14.6 Å². The van der Waals surface area contributed by atoms with Crippen LogP contribution in [0.4, 0.5) is 5.69 Å². The normalized spacial score (nSPS) is 19.8. The molecule has 3 rings (SSSR count). The lowest BCUT2D eigenvalue weighted by Gasteiger charge is -2.37. The minimum absolute atomic E-state index is 0.356. The third-order valence-electron chi connectivity index (χ3n) is 4.01. The monoisotopic (exact) mass is 345 g/mol. The maximum Gasteiger partial charge on any atom is 0.252 e. The molecule has 2 amide bonds. The standard InChI is InChI=1S/C17H16ClN3O3/c1-2-21-12-5-3-4-11(18)13(12)15(22)14(17(21)24)20-16(23)10-6-8-19-9-7-10/h3-9,14-15,22H,2H2,1H3,(H,20,23). The van der Waals surface area contributed by atoms with Crippen LogP contribution in [0.3, 0.4) is 0 Å². The van der Waals surface area contributed by atoms with E-state index in [4.69, 9.17) is 11.6 Å². The van der Waals surface area contributed by atoms with E-state index in [1.807, 2.05) is 6.92 Å². The van der Waals surface area contributed by atoms with Crippen molar-refractivity contribution in [3.63, 3.8) is 0 Å². The molecular weight excluding hydrogens is 330 g/mol. The Morgan fingerprint density at radius 3 is 2.71 bits per heavy atom. The van der Waals surface area contributed by atoms with Crippen LogP contribution in [0.5, 0.6) is 0 Å². The Labute approximate surface area is 144 Å². The van der Waals surface area contributed by atoms with Crippen LogP contribution in [0.1, 0.15) is 28.9 Å². The number of aliphatic hydroxyl groups excluding tert-OH is 1. The molecule has 6 nitrogen and oxygen atoms in total. The Kier molecular flexibility index (Phi) is 4.51. The van der Waals surface area contributed by atoms with Crippen molar-refractivity contribution in [3.8, 4) is 0 Å². The summed E-state index contributed by atoms with van der Waals surface area (Å²) in [6.07, 6.45) is 1.76. The molecule has 2 N–H and O–H groups in total. The Morgan fingerprint density at radius 2 is 2.04 bits per heavy atom. The number of halogens is 1. The van der Waals surface area contributed by atoms with Gasteiger partial charge in [-0.05, 0) is 31.2 Å². The van der Waals surface area contributed by atoms with Gasteiger partial charge in [0, 0.05) is 35.1 Å². The highest BCUT2D eigenvalue weighted by molar-refractivity contribution is 6.32. The topological polar surface area (TPSA) is 82.5 Å².